The Balaban J connectivity index is 0. The third kappa shape index (κ3) is 24.7. The van der Waals surface area contributed by atoms with E-state index in [4.69, 9.17) is 10.2 Å². The van der Waals surface area contributed by atoms with Gasteiger partial charge in [-0.25, -0.2) is 0 Å². The van der Waals surface area contributed by atoms with Gasteiger partial charge in [-0.2, -0.15) is 0 Å². The molecule has 0 amide bonds. The lowest BCUT2D eigenvalue weighted by molar-refractivity contribution is 0.349. The summed E-state index contributed by atoms with van der Waals surface area (Å²) in [6.45, 7) is 13.1. The Labute approximate surface area is 195 Å². The van der Waals surface area contributed by atoms with Crippen molar-refractivity contribution in [3.05, 3.63) is 48.0 Å². The van der Waals surface area contributed by atoms with Gasteiger partial charge < -0.3 is 10.2 Å². The molecule has 0 aromatic rings. The first-order valence-corrected chi connectivity index (χ1v) is 13.1. The predicted molar refractivity (Wildman–Crippen MR) is 141 cm³/mol. The third-order valence-electron chi connectivity index (χ3n) is 5.42. The molecule has 0 spiro atoms. The van der Waals surface area contributed by atoms with Gasteiger partial charge in [0, 0.05) is 12.8 Å². The first kappa shape index (κ1) is 31.7. The van der Waals surface area contributed by atoms with E-state index in [0.29, 0.717) is 11.5 Å². The fraction of sp³-hybridized carbons (Fsp3) is 0.724. The average Bonchev–Trinajstić information content (AvgIpc) is 2.82. The Morgan fingerprint density at radius 3 is 1.52 bits per heavy atom. The summed E-state index contributed by atoms with van der Waals surface area (Å²) in [5.41, 5.74) is 0. The smallest absolute Gasteiger partial charge is 0.0925 e. The molecule has 3 rings (SSSR count). The lowest BCUT2D eigenvalue weighted by Crippen LogP contribution is -2.03. The molecular formula is C29H54O2. The second-order valence-electron chi connectivity index (χ2n) is 8.70. The molecule has 0 atom stereocenters. The fourth-order valence-electron chi connectivity index (χ4n) is 3.39. The highest BCUT2D eigenvalue weighted by atomic mass is 16.3. The monoisotopic (exact) mass is 434 g/mol. The first-order chi connectivity index (χ1) is 15.0. The van der Waals surface area contributed by atoms with E-state index in [1.165, 1.54) is 57.8 Å². The molecular weight excluding hydrogens is 380 g/mol. The van der Waals surface area contributed by atoms with Gasteiger partial charge in [0.1, 0.15) is 0 Å². The lowest BCUT2D eigenvalue weighted by Gasteiger charge is -2.18. The van der Waals surface area contributed by atoms with Crippen LogP contribution in [0.1, 0.15) is 125 Å². The van der Waals surface area contributed by atoms with Crippen LogP contribution < -0.4 is 0 Å². The quantitative estimate of drug-likeness (QED) is 0.462. The molecule has 3 aliphatic rings. The van der Waals surface area contributed by atoms with Crippen molar-refractivity contribution in [1.82, 2.24) is 0 Å². The molecule has 2 N–H and O–H groups in total. The molecule has 0 aliphatic heterocycles. The molecule has 2 nitrogen and oxygen atoms in total. The molecule has 0 radical (unpaired) electrons. The standard InChI is InChI=1S/C8H16.C7H16.2C6H8O.C2H6/c1-2-8-6-4-3-5-7-8;1-4-5-6-7(2)3;2*7-6-4-2-1-3-5-6;1-2/h8H,2-7H2,1H3;7H,4-6H2,1-3H3;2*1-2,4,7H,3,5H2;1-2H3. The van der Waals surface area contributed by atoms with Crippen molar-refractivity contribution in [3.63, 3.8) is 0 Å². The van der Waals surface area contributed by atoms with Crippen molar-refractivity contribution < 1.29 is 10.2 Å². The van der Waals surface area contributed by atoms with Crippen LogP contribution in [0.3, 0.4) is 0 Å². The maximum atomic E-state index is 8.72. The van der Waals surface area contributed by atoms with E-state index >= 15 is 0 Å². The first-order valence-electron chi connectivity index (χ1n) is 13.1. The summed E-state index contributed by atoms with van der Waals surface area (Å²) < 4.78 is 0. The van der Waals surface area contributed by atoms with Crippen LogP contribution in [0, 0.1) is 11.8 Å². The Hall–Kier alpha value is -1.44. The summed E-state index contributed by atoms with van der Waals surface area (Å²) in [6, 6.07) is 0. The van der Waals surface area contributed by atoms with E-state index in [-0.39, 0.29) is 0 Å². The van der Waals surface area contributed by atoms with Crippen LogP contribution in [0.15, 0.2) is 48.0 Å². The summed E-state index contributed by atoms with van der Waals surface area (Å²) in [7, 11) is 0. The zero-order valence-corrected chi connectivity index (χ0v) is 21.7. The molecule has 0 saturated heterocycles. The Morgan fingerprint density at radius 1 is 0.839 bits per heavy atom. The van der Waals surface area contributed by atoms with Gasteiger partial charge in [0.25, 0.3) is 0 Å². The van der Waals surface area contributed by atoms with Crippen LogP contribution in [-0.4, -0.2) is 10.2 Å². The van der Waals surface area contributed by atoms with Crippen molar-refractivity contribution in [3.8, 4) is 0 Å². The van der Waals surface area contributed by atoms with Crippen LogP contribution >= 0.6 is 0 Å². The normalized spacial score (nSPS) is 17.3. The molecule has 0 bridgehead atoms. The van der Waals surface area contributed by atoms with Gasteiger partial charge >= 0.3 is 0 Å². The summed E-state index contributed by atoms with van der Waals surface area (Å²) >= 11 is 0. The minimum atomic E-state index is 0.502. The molecule has 0 unspecified atom stereocenters. The largest absolute Gasteiger partial charge is 0.512 e. The number of aliphatic hydroxyl groups excluding tert-OH is 2. The number of aliphatic hydroxyl groups is 2. The summed E-state index contributed by atoms with van der Waals surface area (Å²) in [5, 5.41) is 17.4. The molecule has 0 aromatic heterocycles. The molecule has 1 saturated carbocycles. The molecule has 31 heavy (non-hydrogen) atoms. The molecule has 1 fully saturated rings. The van der Waals surface area contributed by atoms with Gasteiger partial charge in [0.05, 0.1) is 11.5 Å². The lowest BCUT2D eigenvalue weighted by atomic mass is 9.88. The van der Waals surface area contributed by atoms with Crippen LogP contribution in [-0.2, 0) is 0 Å². The Kier molecular flexibility index (Phi) is 25.4. The molecule has 2 heteroatoms. The summed E-state index contributed by atoms with van der Waals surface area (Å²) in [5.74, 6) is 2.99. The topological polar surface area (TPSA) is 40.5 Å². The van der Waals surface area contributed by atoms with E-state index in [0.717, 1.165) is 37.5 Å². The number of allylic oxidation sites excluding steroid dienone is 8. The van der Waals surface area contributed by atoms with Crippen LogP contribution in [0.2, 0.25) is 0 Å². The van der Waals surface area contributed by atoms with Crippen LogP contribution in [0.25, 0.3) is 0 Å². The van der Waals surface area contributed by atoms with Gasteiger partial charge in [-0.15, -0.1) is 0 Å². The van der Waals surface area contributed by atoms with E-state index in [1.807, 2.05) is 38.2 Å². The zero-order valence-electron chi connectivity index (χ0n) is 21.7. The molecule has 182 valence electrons. The van der Waals surface area contributed by atoms with Crippen molar-refractivity contribution in [1.29, 1.82) is 0 Å². The minimum absolute atomic E-state index is 0.502. The third-order valence-corrected chi connectivity index (χ3v) is 5.42. The van der Waals surface area contributed by atoms with Crippen molar-refractivity contribution in [2.75, 3.05) is 0 Å². The van der Waals surface area contributed by atoms with Crippen molar-refractivity contribution >= 4 is 0 Å². The van der Waals surface area contributed by atoms with Crippen molar-refractivity contribution in [2.45, 2.75) is 125 Å². The highest BCUT2D eigenvalue weighted by molar-refractivity contribution is 5.12. The number of hydrogen-bond donors (Lipinski definition) is 2. The second kappa shape index (κ2) is 24.8. The maximum Gasteiger partial charge on any atom is 0.0925 e. The zero-order chi connectivity index (χ0) is 23.7. The van der Waals surface area contributed by atoms with Crippen LogP contribution in [0.4, 0.5) is 0 Å². The minimum Gasteiger partial charge on any atom is -0.512 e. The highest BCUT2D eigenvalue weighted by Gasteiger charge is 2.09. The predicted octanol–water partition coefficient (Wildman–Crippen LogP) is 10.4. The fourth-order valence-corrected chi connectivity index (χ4v) is 3.39. The molecule has 0 heterocycles. The van der Waals surface area contributed by atoms with E-state index in [1.54, 1.807) is 12.2 Å². The summed E-state index contributed by atoms with van der Waals surface area (Å²) in [6.07, 6.45) is 28.0. The average molecular weight is 435 g/mol. The van der Waals surface area contributed by atoms with E-state index in [2.05, 4.69) is 27.7 Å². The van der Waals surface area contributed by atoms with Crippen molar-refractivity contribution in [2.24, 2.45) is 11.8 Å². The second-order valence-corrected chi connectivity index (χ2v) is 8.70. The number of hydrogen-bond acceptors (Lipinski definition) is 2. The number of unbranched alkanes of at least 4 members (excludes halogenated alkanes) is 1. The molecule has 0 aromatic carbocycles. The maximum absolute atomic E-state index is 8.72. The van der Waals surface area contributed by atoms with E-state index in [9.17, 15) is 0 Å². The Morgan fingerprint density at radius 2 is 1.32 bits per heavy atom. The van der Waals surface area contributed by atoms with Gasteiger partial charge in [-0.1, -0.05) is 124 Å². The van der Waals surface area contributed by atoms with Gasteiger partial charge in [-0.3, -0.25) is 0 Å². The highest BCUT2D eigenvalue weighted by Crippen LogP contribution is 2.25. The summed E-state index contributed by atoms with van der Waals surface area (Å²) in [4.78, 5) is 0. The van der Waals surface area contributed by atoms with Gasteiger partial charge in [-0.05, 0) is 36.8 Å². The number of rotatable bonds is 4. The van der Waals surface area contributed by atoms with Gasteiger partial charge in [0.15, 0.2) is 0 Å². The Bertz CT molecular complexity index is 447. The van der Waals surface area contributed by atoms with E-state index < -0.39 is 0 Å². The van der Waals surface area contributed by atoms with Gasteiger partial charge in [0.2, 0.25) is 0 Å². The van der Waals surface area contributed by atoms with Crippen LogP contribution in [0.5, 0.6) is 0 Å². The molecule has 3 aliphatic carbocycles. The SMILES string of the molecule is CC.CCC1CCCCC1.CCCCC(C)C.OC1=CC=CCC1.OC1=CC=CCC1.